The maximum absolute atomic E-state index is 12.0. The second-order valence-electron chi connectivity index (χ2n) is 5.24. The van der Waals surface area contributed by atoms with Crippen molar-refractivity contribution in [3.05, 3.63) is 41.7 Å². The van der Waals surface area contributed by atoms with Crippen molar-refractivity contribution < 1.29 is 4.79 Å². The molecule has 1 aliphatic heterocycles. The monoisotopic (exact) mass is 346 g/mol. The fourth-order valence-corrected chi connectivity index (χ4v) is 3.77. The molecule has 120 valence electrons. The molecule has 0 fully saturated rings. The highest BCUT2D eigenvalue weighted by Gasteiger charge is 2.13. The summed E-state index contributed by atoms with van der Waals surface area (Å²) in [5.74, 6) is 1.22. The molecule has 1 aromatic heterocycles. The summed E-state index contributed by atoms with van der Waals surface area (Å²) in [5.41, 5.74) is 3.47. The molecule has 0 radical (unpaired) electrons. The van der Waals surface area contributed by atoms with Crippen molar-refractivity contribution in [1.82, 2.24) is 14.9 Å². The lowest BCUT2D eigenvalue weighted by atomic mass is 10.1. The van der Waals surface area contributed by atoms with Gasteiger partial charge in [-0.05, 0) is 31.0 Å². The van der Waals surface area contributed by atoms with Crippen LogP contribution in [0.5, 0.6) is 0 Å². The number of hydrogen-bond donors (Lipinski definition) is 1. The van der Waals surface area contributed by atoms with Gasteiger partial charge in [-0.1, -0.05) is 35.7 Å². The van der Waals surface area contributed by atoms with Gasteiger partial charge in [-0.15, -0.1) is 0 Å². The summed E-state index contributed by atoms with van der Waals surface area (Å²) in [6, 6.07) is 6.32. The lowest BCUT2D eigenvalue weighted by Gasteiger charge is -2.11. The summed E-state index contributed by atoms with van der Waals surface area (Å²) >= 11 is 3.02. The molecule has 0 bridgehead atoms. The van der Waals surface area contributed by atoms with Crippen LogP contribution in [0.1, 0.15) is 11.1 Å². The van der Waals surface area contributed by atoms with Crippen molar-refractivity contribution in [3.8, 4) is 5.69 Å². The van der Waals surface area contributed by atoms with Crippen molar-refractivity contribution in [2.45, 2.75) is 19.0 Å². The first-order chi connectivity index (χ1) is 11.1. The first-order valence-electron chi connectivity index (χ1n) is 7.34. The van der Waals surface area contributed by atoms with E-state index in [2.05, 4.69) is 47.3 Å². The predicted octanol–water partition coefficient (Wildman–Crippen LogP) is 2.80. The maximum atomic E-state index is 12.0. The Morgan fingerprint density at radius 1 is 1.43 bits per heavy atom. The number of hydrogen-bond acceptors (Lipinski definition) is 5. The number of amidine groups is 1. The molecule has 2 heterocycles. The van der Waals surface area contributed by atoms with Gasteiger partial charge in [-0.25, -0.2) is 4.98 Å². The Bertz CT molecular complexity index is 754. The van der Waals surface area contributed by atoms with E-state index in [1.165, 1.54) is 22.9 Å². The van der Waals surface area contributed by atoms with Crippen LogP contribution in [0.4, 0.5) is 0 Å². The Labute approximate surface area is 144 Å². The third-order valence-corrected chi connectivity index (χ3v) is 5.25. The summed E-state index contributed by atoms with van der Waals surface area (Å²) in [5, 5.41) is 4.38. The Morgan fingerprint density at radius 2 is 2.30 bits per heavy atom. The molecule has 0 atom stereocenters. The van der Waals surface area contributed by atoms with Gasteiger partial charge in [0.2, 0.25) is 5.91 Å². The molecular formula is C16H18N4OS2. The van der Waals surface area contributed by atoms with E-state index in [-0.39, 0.29) is 5.91 Å². The summed E-state index contributed by atoms with van der Waals surface area (Å²) in [4.78, 5) is 20.6. The van der Waals surface area contributed by atoms with Crippen LogP contribution in [0, 0.1) is 13.8 Å². The second-order valence-corrected chi connectivity index (χ2v) is 7.27. The molecule has 1 N–H and O–H groups in total. The molecular weight excluding hydrogens is 328 g/mol. The van der Waals surface area contributed by atoms with E-state index in [0.29, 0.717) is 5.75 Å². The predicted molar refractivity (Wildman–Crippen MR) is 96.7 cm³/mol. The van der Waals surface area contributed by atoms with Crippen molar-refractivity contribution >= 4 is 34.6 Å². The molecule has 1 aromatic carbocycles. The van der Waals surface area contributed by atoms with E-state index in [9.17, 15) is 4.79 Å². The number of amides is 1. The van der Waals surface area contributed by atoms with Crippen LogP contribution < -0.4 is 5.32 Å². The molecule has 2 aromatic rings. The number of aryl methyl sites for hydroxylation is 2. The summed E-state index contributed by atoms with van der Waals surface area (Å²) in [6.45, 7) is 4.93. The molecule has 0 aliphatic carbocycles. The van der Waals surface area contributed by atoms with E-state index < -0.39 is 0 Å². The quantitative estimate of drug-likeness (QED) is 0.865. The fourth-order valence-electron chi connectivity index (χ4n) is 2.26. The van der Waals surface area contributed by atoms with Gasteiger partial charge in [-0.2, -0.15) is 0 Å². The summed E-state index contributed by atoms with van der Waals surface area (Å²) < 4.78 is 2.03. The van der Waals surface area contributed by atoms with Gasteiger partial charge in [-0.3, -0.25) is 14.4 Å². The SMILES string of the molecule is Cc1ccc(C)c(-n2ccnc2SCC(=O)NC2=NCCS2)c1. The molecule has 0 saturated heterocycles. The van der Waals surface area contributed by atoms with Crippen LogP contribution in [0.3, 0.4) is 0 Å². The lowest BCUT2D eigenvalue weighted by molar-refractivity contribution is -0.117. The van der Waals surface area contributed by atoms with Gasteiger partial charge >= 0.3 is 0 Å². The van der Waals surface area contributed by atoms with Crippen LogP contribution in [0.2, 0.25) is 0 Å². The minimum Gasteiger partial charge on any atom is -0.305 e. The van der Waals surface area contributed by atoms with E-state index in [1.807, 2.05) is 10.8 Å². The number of benzene rings is 1. The highest BCUT2D eigenvalue weighted by molar-refractivity contribution is 8.14. The Hall–Kier alpha value is -1.73. The zero-order chi connectivity index (χ0) is 16.2. The number of aliphatic imine (C=N–C) groups is 1. The molecule has 0 spiro atoms. The van der Waals surface area contributed by atoms with Crippen molar-refractivity contribution in [1.29, 1.82) is 0 Å². The van der Waals surface area contributed by atoms with Gasteiger partial charge in [0, 0.05) is 18.1 Å². The van der Waals surface area contributed by atoms with Gasteiger partial charge in [0.15, 0.2) is 10.3 Å². The highest BCUT2D eigenvalue weighted by Crippen LogP contribution is 2.23. The van der Waals surface area contributed by atoms with Crippen LogP contribution in [0.15, 0.2) is 40.7 Å². The number of carbonyl (C=O) groups excluding carboxylic acids is 1. The van der Waals surface area contributed by atoms with Crippen LogP contribution in [-0.4, -0.2) is 38.7 Å². The van der Waals surface area contributed by atoms with E-state index in [4.69, 9.17) is 0 Å². The van der Waals surface area contributed by atoms with Gasteiger partial charge in [0.1, 0.15) is 0 Å². The molecule has 5 nitrogen and oxygen atoms in total. The van der Waals surface area contributed by atoms with Crippen LogP contribution in [-0.2, 0) is 4.79 Å². The first-order valence-corrected chi connectivity index (χ1v) is 9.31. The Kier molecular flexibility index (Phi) is 5.07. The number of carbonyl (C=O) groups is 1. The summed E-state index contributed by atoms with van der Waals surface area (Å²) in [6.07, 6.45) is 3.69. The maximum Gasteiger partial charge on any atom is 0.236 e. The number of thioether (sulfide) groups is 2. The molecule has 0 saturated carbocycles. The average Bonchev–Trinajstić information content (AvgIpc) is 3.19. The molecule has 7 heteroatoms. The smallest absolute Gasteiger partial charge is 0.236 e. The van der Waals surface area contributed by atoms with Gasteiger partial charge < -0.3 is 5.32 Å². The standard InChI is InChI=1S/C16H18N4OS2/c1-11-3-4-12(2)13(9-11)20-7-5-18-16(20)23-10-14(21)19-15-17-6-8-22-15/h3-5,7,9H,6,8,10H2,1-2H3,(H,17,19,21). The molecule has 1 amide bonds. The highest BCUT2D eigenvalue weighted by atomic mass is 32.2. The first kappa shape index (κ1) is 16.1. The van der Waals surface area contributed by atoms with Gasteiger partial charge in [0.25, 0.3) is 0 Å². The second kappa shape index (κ2) is 7.23. The molecule has 0 unspecified atom stereocenters. The number of imidazole rings is 1. The minimum atomic E-state index is -0.0429. The minimum absolute atomic E-state index is 0.0429. The molecule has 3 rings (SSSR count). The molecule has 1 aliphatic rings. The van der Waals surface area contributed by atoms with Crippen LogP contribution >= 0.6 is 23.5 Å². The number of aromatic nitrogens is 2. The van der Waals surface area contributed by atoms with E-state index >= 15 is 0 Å². The fraction of sp³-hybridized carbons (Fsp3) is 0.312. The van der Waals surface area contributed by atoms with Crippen LogP contribution in [0.25, 0.3) is 5.69 Å². The number of rotatable bonds is 4. The average molecular weight is 346 g/mol. The third-order valence-electron chi connectivity index (χ3n) is 3.40. The zero-order valence-electron chi connectivity index (χ0n) is 13.1. The lowest BCUT2D eigenvalue weighted by Crippen LogP contribution is -2.29. The Morgan fingerprint density at radius 3 is 3.09 bits per heavy atom. The molecule has 23 heavy (non-hydrogen) atoms. The van der Waals surface area contributed by atoms with E-state index in [0.717, 1.165) is 28.3 Å². The van der Waals surface area contributed by atoms with Crippen molar-refractivity contribution in [2.75, 3.05) is 18.1 Å². The number of nitrogens with one attached hydrogen (secondary N) is 1. The topological polar surface area (TPSA) is 59.3 Å². The zero-order valence-corrected chi connectivity index (χ0v) is 14.7. The van der Waals surface area contributed by atoms with E-state index in [1.54, 1.807) is 18.0 Å². The Balaban J connectivity index is 1.69. The third kappa shape index (κ3) is 3.97. The van der Waals surface area contributed by atoms with Crippen molar-refractivity contribution in [2.24, 2.45) is 4.99 Å². The van der Waals surface area contributed by atoms with Crippen molar-refractivity contribution in [3.63, 3.8) is 0 Å². The summed E-state index contributed by atoms with van der Waals surface area (Å²) in [7, 11) is 0. The normalized spacial score (nSPS) is 13.9. The number of nitrogens with zero attached hydrogens (tertiary/aromatic N) is 3. The van der Waals surface area contributed by atoms with Gasteiger partial charge in [0.05, 0.1) is 18.0 Å². The largest absolute Gasteiger partial charge is 0.305 e.